The van der Waals surface area contributed by atoms with Gasteiger partial charge in [-0.15, -0.1) is 0 Å². The van der Waals surface area contributed by atoms with E-state index in [9.17, 15) is 0 Å². The number of nitrogens with zero attached hydrogens (tertiary/aromatic N) is 2. The number of hydrogen-bond acceptors (Lipinski definition) is 2. The van der Waals surface area contributed by atoms with Crippen molar-refractivity contribution in [3.63, 3.8) is 0 Å². The van der Waals surface area contributed by atoms with Crippen LogP contribution in [0.15, 0.2) is 18.3 Å². The highest BCUT2D eigenvalue weighted by Crippen LogP contribution is 2.40. The van der Waals surface area contributed by atoms with Crippen LogP contribution in [-0.4, -0.2) is 14.5 Å². The number of rotatable bonds is 1. The zero-order valence-corrected chi connectivity index (χ0v) is 11.0. The zero-order chi connectivity index (χ0) is 12.0. The minimum atomic E-state index is 0.501. The molecule has 2 aromatic heterocycles. The van der Waals surface area contributed by atoms with E-state index < -0.39 is 0 Å². The molecular weight excluding hydrogens is 230 g/mol. The van der Waals surface area contributed by atoms with E-state index in [1.807, 2.05) is 18.3 Å². The van der Waals surface area contributed by atoms with Gasteiger partial charge in [0.1, 0.15) is 0 Å². The number of hydrogen-bond donors (Lipinski definition) is 1. The Morgan fingerprint density at radius 2 is 2.24 bits per heavy atom. The smallest absolute Gasteiger partial charge is 0.179 e. The summed E-state index contributed by atoms with van der Waals surface area (Å²) in [5, 5.41) is 0. The van der Waals surface area contributed by atoms with Crippen molar-refractivity contribution in [1.82, 2.24) is 14.5 Å². The fraction of sp³-hybridized carbons (Fsp3) is 0.538. The van der Waals surface area contributed by atoms with Crippen molar-refractivity contribution in [3.8, 4) is 0 Å². The third kappa shape index (κ3) is 1.62. The first-order valence-corrected chi connectivity index (χ1v) is 6.64. The van der Waals surface area contributed by atoms with Gasteiger partial charge >= 0.3 is 0 Å². The van der Waals surface area contributed by atoms with Gasteiger partial charge in [-0.2, -0.15) is 0 Å². The largest absolute Gasteiger partial charge is 0.329 e. The molecule has 0 radical (unpaired) electrons. The van der Waals surface area contributed by atoms with Gasteiger partial charge in [0, 0.05) is 12.2 Å². The fourth-order valence-electron chi connectivity index (χ4n) is 2.97. The fourth-order valence-corrected chi connectivity index (χ4v) is 3.30. The molecule has 3 nitrogen and oxygen atoms in total. The summed E-state index contributed by atoms with van der Waals surface area (Å²) < 4.78 is 3.03. The Hall–Kier alpha value is -1.16. The SMILES string of the molecule is CC1CCC(n2c(=S)[nH]c3cccnc32)C1C. The molecule has 17 heavy (non-hydrogen) atoms. The van der Waals surface area contributed by atoms with E-state index in [1.165, 1.54) is 12.8 Å². The lowest BCUT2D eigenvalue weighted by Crippen LogP contribution is -2.15. The normalized spacial score (nSPS) is 28.9. The van der Waals surface area contributed by atoms with Crippen molar-refractivity contribution in [2.75, 3.05) is 0 Å². The van der Waals surface area contributed by atoms with Gasteiger partial charge in [0.15, 0.2) is 10.4 Å². The molecule has 1 fully saturated rings. The third-order valence-electron chi connectivity index (χ3n) is 4.23. The number of pyridine rings is 1. The molecule has 3 atom stereocenters. The second kappa shape index (κ2) is 3.95. The minimum Gasteiger partial charge on any atom is -0.329 e. The maximum Gasteiger partial charge on any atom is 0.179 e. The van der Waals surface area contributed by atoms with Crippen molar-refractivity contribution < 1.29 is 0 Å². The van der Waals surface area contributed by atoms with Crippen LogP contribution in [0.3, 0.4) is 0 Å². The molecule has 0 aromatic carbocycles. The number of aromatic nitrogens is 3. The van der Waals surface area contributed by atoms with Crippen LogP contribution in [-0.2, 0) is 0 Å². The van der Waals surface area contributed by atoms with Crippen molar-refractivity contribution in [3.05, 3.63) is 23.1 Å². The summed E-state index contributed by atoms with van der Waals surface area (Å²) in [7, 11) is 0. The van der Waals surface area contributed by atoms with E-state index in [4.69, 9.17) is 12.2 Å². The maximum atomic E-state index is 5.45. The Labute approximate surface area is 106 Å². The molecule has 2 heterocycles. The first-order valence-electron chi connectivity index (χ1n) is 6.23. The Bertz CT molecular complexity index is 598. The summed E-state index contributed by atoms with van der Waals surface area (Å²) in [4.78, 5) is 7.73. The Kier molecular flexibility index (Phi) is 2.54. The molecule has 1 saturated carbocycles. The molecule has 1 aliphatic carbocycles. The Morgan fingerprint density at radius 3 is 2.94 bits per heavy atom. The molecular formula is C13H17N3S. The molecule has 2 aromatic rings. The quantitative estimate of drug-likeness (QED) is 0.779. The average Bonchev–Trinajstić information content (AvgIpc) is 2.80. The van der Waals surface area contributed by atoms with Gasteiger partial charge in [0.05, 0.1) is 5.52 Å². The molecule has 0 bridgehead atoms. The summed E-state index contributed by atoms with van der Waals surface area (Å²) in [6.07, 6.45) is 4.33. The number of aromatic amines is 1. The lowest BCUT2D eigenvalue weighted by atomic mass is 9.98. The van der Waals surface area contributed by atoms with Crippen LogP contribution in [0.2, 0.25) is 0 Å². The van der Waals surface area contributed by atoms with Gasteiger partial charge < -0.3 is 4.98 Å². The zero-order valence-electron chi connectivity index (χ0n) is 10.2. The lowest BCUT2D eigenvalue weighted by molar-refractivity contribution is 0.355. The van der Waals surface area contributed by atoms with E-state index in [0.717, 1.165) is 21.9 Å². The maximum absolute atomic E-state index is 5.45. The standard InChI is InChI=1S/C13H17N3S/c1-8-5-6-11(9(8)2)16-12-10(15-13(16)17)4-3-7-14-12/h3-4,7-9,11H,5-6H2,1-2H3,(H,15,17). The number of nitrogens with one attached hydrogen (secondary N) is 1. The average molecular weight is 247 g/mol. The predicted octanol–water partition coefficient (Wildman–Crippen LogP) is 3.70. The van der Waals surface area contributed by atoms with Crippen LogP contribution in [0.4, 0.5) is 0 Å². The van der Waals surface area contributed by atoms with Crippen molar-refractivity contribution in [2.45, 2.75) is 32.7 Å². The summed E-state index contributed by atoms with van der Waals surface area (Å²) in [6.45, 7) is 4.66. The topological polar surface area (TPSA) is 33.6 Å². The first kappa shape index (κ1) is 11.0. The van der Waals surface area contributed by atoms with E-state index in [2.05, 4.69) is 28.4 Å². The van der Waals surface area contributed by atoms with E-state index in [-0.39, 0.29) is 0 Å². The summed E-state index contributed by atoms with van der Waals surface area (Å²) in [5.74, 6) is 1.44. The molecule has 0 amide bonds. The molecule has 1 aliphatic rings. The minimum absolute atomic E-state index is 0.501. The van der Waals surface area contributed by atoms with Crippen LogP contribution in [0.5, 0.6) is 0 Å². The van der Waals surface area contributed by atoms with Crippen LogP contribution in [0.25, 0.3) is 11.2 Å². The van der Waals surface area contributed by atoms with Crippen molar-refractivity contribution >= 4 is 23.4 Å². The summed E-state index contributed by atoms with van der Waals surface area (Å²) in [6, 6.07) is 4.48. The van der Waals surface area contributed by atoms with Crippen LogP contribution >= 0.6 is 12.2 Å². The Morgan fingerprint density at radius 1 is 1.41 bits per heavy atom. The van der Waals surface area contributed by atoms with E-state index >= 15 is 0 Å². The lowest BCUT2D eigenvalue weighted by Gasteiger charge is -2.19. The molecule has 0 saturated heterocycles. The molecule has 3 rings (SSSR count). The monoisotopic (exact) mass is 247 g/mol. The highest BCUT2D eigenvalue weighted by molar-refractivity contribution is 7.71. The summed E-state index contributed by atoms with van der Waals surface area (Å²) >= 11 is 5.45. The van der Waals surface area contributed by atoms with Gasteiger partial charge in [0.2, 0.25) is 0 Å². The van der Waals surface area contributed by atoms with Crippen molar-refractivity contribution in [1.29, 1.82) is 0 Å². The van der Waals surface area contributed by atoms with Crippen LogP contribution in [0.1, 0.15) is 32.7 Å². The summed E-state index contributed by atoms with van der Waals surface area (Å²) in [5.41, 5.74) is 2.05. The molecule has 1 N–H and O–H groups in total. The third-order valence-corrected chi connectivity index (χ3v) is 4.53. The molecule has 0 spiro atoms. The highest BCUT2D eigenvalue weighted by Gasteiger charge is 2.32. The van der Waals surface area contributed by atoms with Gasteiger partial charge in [0.25, 0.3) is 0 Å². The van der Waals surface area contributed by atoms with E-state index in [0.29, 0.717) is 12.0 Å². The van der Waals surface area contributed by atoms with E-state index in [1.54, 1.807) is 0 Å². The second-order valence-corrected chi connectivity index (χ2v) is 5.54. The van der Waals surface area contributed by atoms with Crippen LogP contribution in [0, 0.1) is 16.6 Å². The molecule has 3 unspecified atom stereocenters. The van der Waals surface area contributed by atoms with Gasteiger partial charge in [-0.25, -0.2) is 4.98 Å². The second-order valence-electron chi connectivity index (χ2n) is 5.16. The van der Waals surface area contributed by atoms with Crippen LogP contribution < -0.4 is 0 Å². The number of H-pyrrole nitrogens is 1. The molecule has 0 aliphatic heterocycles. The van der Waals surface area contributed by atoms with Gasteiger partial charge in [-0.05, 0) is 49.0 Å². The van der Waals surface area contributed by atoms with Gasteiger partial charge in [-0.3, -0.25) is 4.57 Å². The van der Waals surface area contributed by atoms with Crippen molar-refractivity contribution in [2.24, 2.45) is 11.8 Å². The number of fused-ring (bicyclic) bond motifs is 1. The highest BCUT2D eigenvalue weighted by atomic mass is 32.1. The molecule has 90 valence electrons. The predicted molar refractivity (Wildman–Crippen MR) is 71.5 cm³/mol. The number of imidazole rings is 1. The van der Waals surface area contributed by atoms with Gasteiger partial charge in [-0.1, -0.05) is 13.8 Å². The first-order chi connectivity index (χ1) is 8.18. The Balaban J connectivity index is 2.17. The molecule has 4 heteroatoms.